The third-order valence-electron chi connectivity index (χ3n) is 4.15. The fraction of sp³-hybridized carbons (Fsp3) is 0.500. The van der Waals surface area contributed by atoms with Gasteiger partial charge in [-0.3, -0.25) is 0 Å². The van der Waals surface area contributed by atoms with E-state index in [2.05, 4.69) is 52.0 Å². The lowest BCUT2D eigenvalue weighted by Gasteiger charge is -2.15. The van der Waals surface area contributed by atoms with Crippen molar-refractivity contribution in [2.45, 2.75) is 47.0 Å². The van der Waals surface area contributed by atoms with E-state index < -0.39 is 0 Å². The fourth-order valence-corrected chi connectivity index (χ4v) is 3.45. The highest BCUT2D eigenvalue weighted by Crippen LogP contribution is 2.42. The van der Waals surface area contributed by atoms with Crippen LogP contribution in [0.3, 0.4) is 0 Å². The van der Waals surface area contributed by atoms with Gasteiger partial charge in [0.1, 0.15) is 0 Å². The highest BCUT2D eigenvalue weighted by Gasteiger charge is 2.30. The van der Waals surface area contributed by atoms with E-state index in [1.54, 1.807) is 11.1 Å². The van der Waals surface area contributed by atoms with Crippen LogP contribution in [-0.2, 0) is 12.8 Å². The van der Waals surface area contributed by atoms with Gasteiger partial charge in [0.15, 0.2) is 0 Å². The molecule has 0 saturated heterocycles. The topological polar surface area (TPSA) is 0 Å². The van der Waals surface area contributed by atoms with E-state index in [9.17, 15) is 0 Å². The predicted octanol–water partition coefficient (Wildman–Crippen LogP) is 4.81. The average Bonchev–Trinajstić information content (AvgIpc) is 2.73. The van der Waals surface area contributed by atoms with Crippen LogP contribution >= 0.6 is 0 Å². The van der Waals surface area contributed by atoms with Crippen LogP contribution in [0.5, 0.6) is 0 Å². The van der Waals surface area contributed by atoms with Crippen molar-refractivity contribution in [3.8, 4) is 0 Å². The molecule has 0 nitrogen and oxygen atoms in total. The molecule has 0 amide bonds. The lowest BCUT2D eigenvalue weighted by atomic mass is 9.89. The molecule has 0 heteroatoms. The Labute approximate surface area is 111 Å². The van der Waals surface area contributed by atoms with E-state index in [1.807, 2.05) is 0 Å². The van der Waals surface area contributed by atoms with Crippen molar-refractivity contribution in [3.05, 3.63) is 46.4 Å². The molecule has 3 rings (SSSR count). The van der Waals surface area contributed by atoms with Gasteiger partial charge in [0, 0.05) is 5.92 Å². The molecule has 95 valence electrons. The Morgan fingerprint density at radius 3 is 2.39 bits per heavy atom. The summed E-state index contributed by atoms with van der Waals surface area (Å²) in [6.45, 7) is 9.37. The number of benzene rings is 1. The Kier molecular flexibility index (Phi) is 2.66. The fourth-order valence-electron chi connectivity index (χ4n) is 3.45. The minimum atomic E-state index is 0.458. The molecule has 1 aromatic carbocycles. The van der Waals surface area contributed by atoms with Crippen LogP contribution in [0.1, 0.15) is 56.4 Å². The second-order valence-electron chi connectivity index (χ2n) is 7.18. The Bertz CT molecular complexity index is 503. The van der Waals surface area contributed by atoms with Gasteiger partial charge >= 0.3 is 0 Å². The van der Waals surface area contributed by atoms with E-state index in [0.29, 0.717) is 5.41 Å². The maximum absolute atomic E-state index is 2.47. The van der Waals surface area contributed by atoms with E-state index in [1.165, 1.54) is 36.3 Å². The molecule has 2 aliphatic carbocycles. The van der Waals surface area contributed by atoms with Gasteiger partial charge in [-0.2, -0.15) is 0 Å². The molecular formula is C18H23. The molecule has 0 aromatic heterocycles. The summed E-state index contributed by atoms with van der Waals surface area (Å²) in [7, 11) is 0. The van der Waals surface area contributed by atoms with E-state index >= 15 is 0 Å². The van der Waals surface area contributed by atoms with Gasteiger partial charge in [0.25, 0.3) is 0 Å². The number of allylic oxidation sites excluding steroid dienone is 1. The summed E-state index contributed by atoms with van der Waals surface area (Å²) < 4.78 is 0. The standard InChI is InChI=1S/C18H23/c1-12(2)7-13-5-6-14-8-15-10-18(3,4)11-16(15)9-17(13)14/h5-6,8-9,12H,7,10-11H2,1-4H3. The molecule has 0 atom stereocenters. The molecule has 18 heavy (non-hydrogen) atoms. The second-order valence-corrected chi connectivity index (χ2v) is 7.18. The summed E-state index contributed by atoms with van der Waals surface area (Å²) in [4.78, 5) is 0. The maximum Gasteiger partial charge on any atom is 0.0276 e. The molecule has 2 aliphatic rings. The van der Waals surface area contributed by atoms with Gasteiger partial charge in [-0.25, -0.2) is 0 Å². The molecule has 0 heterocycles. The van der Waals surface area contributed by atoms with Crippen molar-refractivity contribution in [2.75, 3.05) is 0 Å². The van der Waals surface area contributed by atoms with E-state index in [-0.39, 0.29) is 0 Å². The Balaban J connectivity index is 1.95. The summed E-state index contributed by atoms with van der Waals surface area (Å²) in [5.74, 6) is 2.27. The van der Waals surface area contributed by atoms with Crippen LogP contribution in [0.2, 0.25) is 0 Å². The molecule has 0 unspecified atom stereocenters. The molecule has 1 aromatic rings. The molecular weight excluding hydrogens is 216 g/mol. The zero-order chi connectivity index (χ0) is 12.9. The number of fused-ring (bicyclic) bond motifs is 2. The quantitative estimate of drug-likeness (QED) is 0.695. The zero-order valence-electron chi connectivity index (χ0n) is 12.0. The minimum absolute atomic E-state index is 0.458. The van der Waals surface area contributed by atoms with Gasteiger partial charge in [0.05, 0.1) is 0 Å². The highest BCUT2D eigenvalue weighted by molar-refractivity contribution is 5.70. The Morgan fingerprint density at radius 2 is 1.72 bits per heavy atom. The van der Waals surface area contributed by atoms with Crippen LogP contribution in [0.15, 0.2) is 18.2 Å². The highest BCUT2D eigenvalue weighted by atomic mass is 14.3. The monoisotopic (exact) mass is 239 g/mol. The summed E-state index contributed by atoms with van der Waals surface area (Å²) in [6, 6.07) is 4.90. The third-order valence-corrected chi connectivity index (χ3v) is 4.15. The number of hydrogen-bond acceptors (Lipinski definition) is 0. The van der Waals surface area contributed by atoms with Gasteiger partial charge < -0.3 is 0 Å². The molecule has 0 N–H and O–H groups in total. The van der Waals surface area contributed by atoms with Gasteiger partial charge in [0.2, 0.25) is 0 Å². The first kappa shape index (κ1) is 12.0. The molecule has 0 saturated carbocycles. The third kappa shape index (κ3) is 2.02. The smallest absolute Gasteiger partial charge is 0.0276 e. The summed E-state index contributed by atoms with van der Waals surface area (Å²) in [5.41, 5.74) is 6.57. The van der Waals surface area contributed by atoms with Gasteiger partial charge in [-0.05, 0) is 52.8 Å². The SMILES string of the molecule is CC(C)C[C]1C=Cc2cc3c(cc21)CC(C)(C)C3. The minimum Gasteiger partial charge on any atom is -0.0721 e. The van der Waals surface area contributed by atoms with Crippen LogP contribution in [0.4, 0.5) is 0 Å². The van der Waals surface area contributed by atoms with Crippen molar-refractivity contribution < 1.29 is 0 Å². The van der Waals surface area contributed by atoms with Crippen molar-refractivity contribution in [1.29, 1.82) is 0 Å². The van der Waals surface area contributed by atoms with E-state index in [0.717, 1.165) is 5.92 Å². The Morgan fingerprint density at radius 1 is 1.06 bits per heavy atom. The van der Waals surface area contributed by atoms with Gasteiger partial charge in [-0.15, -0.1) is 0 Å². The van der Waals surface area contributed by atoms with Crippen LogP contribution < -0.4 is 0 Å². The predicted molar refractivity (Wildman–Crippen MR) is 78.5 cm³/mol. The van der Waals surface area contributed by atoms with Crippen molar-refractivity contribution in [3.63, 3.8) is 0 Å². The van der Waals surface area contributed by atoms with Crippen molar-refractivity contribution >= 4 is 6.08 Å². The van der Waals surface area contributed by atoms with Crippen LogP contribution in [0, 0.1) is 17.3 Å². The zero-order valence-corrected chi connectivity index (χ0v) is 12.0. The molecule has 0 spiro atoms. The van der Waals surface area contributed by atoms with E-state index in [4.69, 9.17) is 0 Å². The molecule has 0 fully saturated rings. The maximum atomic E-state index is 2.47. The Hall–Kier alpha value is -1.04. The number of hydrogen-bond donors (Lipinski definition) is 0. The summed E-state index contributed by atoms with van der Waals surface area (Å²) >= 11 is 0. The summed E-state index contributed by atoms with van der Waals surface area (Å²) in [5, 5.41) is 0. The van der Waals surface area contributed by atoms with Crippen molar-refractivity contribution in [2.24, 2.45) is 11.3 Å². The largest absolute Gasteiger partial charge is 0.0721 e. The molecule has 0 bridgehead atoms. The lowest BCUT2D eigenvalue weighted by molar-refractivity contribution is 0.392. The second kappa shape index (κ2) is 3.98. The average molecular weight is 239 g/mol. The molecule has 1 radical (unpaired) electrons. The number of rotatable bonds is 2. The van der Waals surface area contributed by atoms with Gasteiger partial charge in [-0.1, -0.05) is 52.0 Å². The van der Waals surface area contributed by atoms with Crippen LogP contribution in [-0.4, -0.2) is 0 Å². The first-order valence-electron chi connectivity index (χ1n) is 7.15. The first-order chi connectivity index (χ1) is 8.44. The first-order valence-corrected chi connectivity index (χ1v) is 7.15. The normalized spacial score (nSPS) is 20.5. The summed E-state index contributed by atoms with van der Waals surface area (Å²) in [6.07, 6.45) is 8.31. The van der Waals surface area contributed by atoms with Crippen molar-refractivity contribution in [1.82, 2.24) is 0 Å². The lowest BCUT2D eigenvalue weighted by Crippen LogP contribution is -2.09. The molecule has 0 aliphatic heterocycles. The van der Waals surface area contributed by atoms with Crippen LogP contribution in [0.25, 0.3) is 6.08 Å².